The minimum absolute atomic E-state index is 0.232. The maximum Gasteiger partial charge on any atom is 0.213 e. The molecule has 1 aromatic carbocycles. The minimum atomic E-state index is -0.232. The first-order valence-corrected chi connectivity index (χ1v) is 7.92. The van der Waals surface area contributed by atoms with E-state index in [0.29, 0.717) is 30.1 Å². The van der Waals surface area contributed by atoms with Crippen LogP contribution in [0.4, 0.5) is 10.1 Å². The number of hydrogen-bond acceptors (Lipinski definition) is 4. The van der Waals surface area contributed by atoms with Crippen molar-refractivity contribution < 1.29 is 13.9 Å². The molecular weight excluding hydrogens is 295 g/mol. The second-order valence-electron chi connectivity index (χ2n) is 6.15. The predicted molar refractivity (Wildman–Crippen MR) is 85.7 cm³/mol. The fourth-order valence-electron chi connectivity index (χ4n) is 3.54. The van der Waals surface area contributed by atoms with Gasteiger partial charge in [-0.2, -0.15) is 0 Å². The maximum absolute atomic E-state index is 13.4. The van der Waals surface area contributed by atoms with Gasteiger partial charge in [0.2, 0.25) is 5.88 Å². The highest BCUT2D eigenvalue weighted by atomic mass is 19.1. The molecule has 0 bridgehead atoms. The fourth-order valence-corrected chi connectivity index (χ4v) is 3.54. The molecule has 5 heteroatoms. The van der Waals surface area contributed by atoms with E-state index in [9.17, 15) is 4.39 Å². The molecule has 2 aromatic rings. The van der Waals surface area contributed by atoms with Crippen molar-refractivity contribution in [1.82, 2.24) is 4.98 Å². The summed E-state index contributed by atoms with van der Waals surface area (Å²) in [5.41, 5.74) is 2.27. The molecule has 4 rings (SSSR count). The average Bonchev–Trinajstić information content (AvgIpc) is 2.54. The van der Waals surface area contributed by atoms with E-state index in [0.717, 1.165) is 30.8 Å². The van der Waals surface area contributed by atoms with Gasteiger partial charge < -0.3 is 14.4 Å². The molecule has 3 heterocycles. The SMILES string of the molecule is COc1ccc(N2CC(C3CCOc4cc(F)ccc43)C2)cn1. The Balaban J connectivity index is 1.46. The summed E-state index contributed by atoms with van der Waals surface area (Å²) in [7, 11) is 1.62. The van der Waals surface area contributed by atoms with Crippen molar-refractivity contribution in [3.63, 3.8) is 0 Å². The van der Waals surface area contributed by atoms with Gasteiger partial charge in [0.15, 0.2) is 0 Å². The second kappa shape index (κ2) is 5.72. The Labute approximate surface area is 134 Å². The zero-order valence-corrected chi connectivity index (χ0v) is 13.0. The number of fused-ring (bicyclic) bond motifs is 1. The lowest BCUT2D eigenvalue weighted by Gasteiger charge is -2.46. The summed E-state index contributed by atoms with van der Waals surface area (Å²) in [6, 6.07) is 8.84. The zero-order chi connectivity index (χ0) is 15.8. The minimum Gasteiger partial charge on any atom is -0.493 e. The van der Waals surface area contributed by atoms with Crippen LogP contribution in [0.3, 0.4) is 0 Å². The lowest BCUT2D eigenvalue weighted by molar-refractivity contribution is 0.219. The zero-order valence-electron chi connectivity index (χ0n) is 13.0. The highest BCUT2D eigenvalue weighted by Gasteiger charge is 2.37. The van der Waals surface area contributed by atoms with Crippen LogP contribution in [0.1, 0.15) is 17.9 Å². The number of halogens is 1. The summed E-state index contributed by atoms with van der Waals surface area (Å²) < 4.78 is 24.1. The number of ether oxygens (including phenoxy) is 2. The Kier molecular flexibility index (Phi) is 3.56. The number of aromatic nitrogens is 1. The summed E-state index contributed by atoms with van der Waals surface area (Å²) in [6.45, 7) is 2.66. The lowest BCUT2D eigenvalue weighted by atomic mass is 9.77. The van der Waals surface area contributed by atoms with Crippen molar-refractivity contribution in [3.8, 4) is 11.6 Å². The summed E-state index contributed by atoms with van der Waals surface area (Å²) in [5.74, 6) is 2.13. The Morgan fingerprint density at radius 3 is 2.87 bits per heavy atom. The largest absolute Gasteiger partial charge is 0.493 e. The number of benzene rings is 1. The molecule has 0 amide bonds. The summed E-state index contributed by atoms with van der Waals surface area (Å²) >= 11 is 0. The Morgan fingerprint density at radius 2 is 2.13 bits per heavy atom. The first-order chi connectivity index (χ1) is 11.2. The molecule has 0 radical (unpaired) electrons. The molecule has 0 spiro atoms. The van der Waals surface area contributed by atoms with Crippen LogP contribution in [-0.4, -0.2) is 31.8 Å². The molecule has 2 aliphatic heterocycles. The Bertz CT molecular complexity index is 699. The lowest BCUT2D eigenvalue weighted by Crippen LogP contribution is -2.50. The highest BCUT2D eigenvalue weighted by molar-refractivity contribution is 5.49. The standard InChI is InChI=1S/C18H19FN2O2/c1-22-18-5-3-14(9-20-18)21-10-12(11-21)15-6-7-23-17-8-13(19)2-4-16(15)17/h2-5,8-9,12,15H,6-7,10-11H2,1H3. The Morgan fingerprint density at radius 1 is 1.26 bits per heavy atom. The smallest absolute Gasteiger partial charge is 0.213 e. The van der Waals surface area contributed by atoms with Crippen molar-refractivity contribution in [2.45, 2.75) is 12.3 Å². The second-order valence-corrected chi connectivity index (χ2v) is 6.15. The normalized spacial score (nSPS) is 20.4. The molecule has 0 aliphatic carbocycles. The van der Waals surface area contributed by atoms with E-state index in [1.807, 2.05) is 24.4 Å². The number of methoxy groups -OCH3 is 1. The van der Waals surface area contributed by atoms with Crippen molar-refractivity contribution in [2.75, 3.05) is 31.7 Å². The van der Waals surface area contributed by atoms with E-state index in [1.165, 1.54) is 12.1 Å². The van der Waals surface area contributed by atoms with Crippen LogP contribution >= 0.6 is 0 Å². The summed E-state index contributed by atoms with van der Waals surface area (Å²) in [5, 5.41) is 0. The van der Waals surface area contributed by atoms with Gasteiger partial charge in [-0.15, -0.1) is 0 Å². The average molecular weight is 314 g/mol. The number of rotatable bonds is 3. The molecule has 23 heavy (non-hydrogen) atoms. The first-order valence-electron chi connectivity index (χ1n) is 7.92. The van der Waals surface area contributed by atoms with Gasteiger partial charge in [-0.3, -0.25) is 0 Å². The third-order valence-corrected chi connectivity index (χ3v) is 4.84. The number of hydrogen-bond donors (Lipinski definition) is 0. The predicted octanol–water partition coefficient (Wildman–Crippen LogP) is 3.23. The molecular formula is C18H19FN2O2. The third kappa shape index (κ3) is 2.60. The van der Waals surface area contributed by atoms with E-state index in [2.05, 4.69) is 9.88 Å². The van der Waals surface area contributed by atoms with E-state index >= 15 is 0 Å². The molecule has 2 aliphatic rings. The topological polar surface area (TPSA) is 34.6 Å². The van der Waals surface area contributed by atoms with E-state index < -0.39 is 0 Å². The van der Waals surface area contributed by atoms with Gasteiger partial charge in [0, 0.05) is 31.1 Å². The van der Waals surface area contributed by atoms with Crippen molar-refractivity contribution >= 4 is 5.69 Å². The molecule has 1 saturated heterocycles. The molecule has 0 N–H and O–H groups in total. The fraction of sp³-hybridized carbons (Fsp3) is 0.389. The molecule has 120 valence electrons. The van der Waals surface area contributed by atoms with Crippen molar-refractivity contribution in [3.05, 3.63) is 47.9 Å². The van der Waals surface area contributed by atoms with Crippen LogP contribution in [0.25, 0.3) is 0 Å². The van der Waals surface area contributed by atoms with E-state index in [-0.39, 0.29) is 5.82 Å². The monoisotopic (exact) mass is 314 g/mol. The van der Waals surface area contributed by atoms with Crippen LogP contribution in [0.5, 0.6) is 11.6 Å². The van der Waals surface area contributed by atoms with Gasteiger partial charge in [-0.25, -0.2) is 9.37 Å². The van der Waals surface area contributed by atoms with Crippen LogP contribution in [0, 0.1) is 11.7 Å². The third-order valence-electron chi connectivity index (χ3n) is 4.84. The molecule has 1 unspecified atom stereocenters. The van der Waals surface area contributed by atoms with Crippen LogP contribution < -0.4 is 14.4 Å². The Hall–Kier alpha value is -2.30. The number of anilines is 1. The number of nitrogens with zero attached hydrogens (tertiary/aromatic N) is 2. The summed E-state index contributed by atoms with van der Waals surface area (Å²) in [4.78, 5) is 6.57. The van der Waals surface area contributed by atoms with E-state index in [4.69, 9.17) is 9.47 Å². The summed E-state index contributed by atoms with van der Waals surface area (Å²) in [6.07, 6.45) is 2.85. The molecule has 1 fully saturated rings. The number of pyridine rings is 1. The molecule has 0 saturated carbocycles. The quantitative estimate of drug-likeness (QED) is 0.871. The molecule has 1 atom stereocenters. The maximum atomic E-state index is 13.4. The first kappa shape index (κ1) is 14.3. The van der Waals surface area contributed by atoms with Gasteiger partial charge in [0.05, 0.1) is 25.6 Å². The van der Waals surface area contributed by atoms with Gasteiger partial charge >= 0.3 is 0 Å². The van der Waals surface area contributed by atoms with Gasteiger partial charge in [-0.1, -0.05) is 6.07 Å². The van der Waals surface area contributed by atoms with Gasteiger partial charge in [0.25, 0.3) is 0 Å². The van der Waals surface area contributed by atoms with Crippen LogP contribution in [0.15, 0.2) is 36.5 Å². The van der Waals surface area contributed by atoms with Gasteiger partial charge in [-0.05, 0) is 30.0 Å². The van der Waals surface area contributed by atoms with Crippen LogP contribution in [-0.2, 0) is 0 Å². The molecule has 1 aromatic heterocycles. The van der Waals surface area contributed by atoms with Crippen molar-refractivity contribution in [2.24, 2.45) is 5.92 Å². The van der Waals surface area contributed by atoms with Gasteiger partial charge in [0.1, 0.15) is 11.6 Å². The van der Waals surface area contributed by atoms with Crippen LogP contribution in [0.2, 0.25) is 0 Å². The highest BCUT2D eigenvalue weighted by Crippen LogP contribution is 2.42. The van der Waals surface area contributed by atoms with E-state index in [1.54, 1.807) is 7.11 Å². The van der Waals surface area contributed by atoms with Crippen molar-refractivity contribution in [1.29, 1.82) is 0 Å². The molecule has 4 nitrogen and oxygen atoms in total.